The number of carbonyl (C=O) groups excluding carboxylic acids is 2. The van der Waals surface area contributed by atoms with Crippen molar-refractivity contribution < 1.29 is 9.59 Å². The van der Waals surface area contributed by atoms with E-state index in [0.29, 0.717) is 18.2 Å². The Hall–Kier alpha value is -2.35. The molecule has 1 heterocycles. The van der Waals surface area contributed by atoms with Gasteiger partial charge in [0.2, 0.25) is 5.91 Å². The van der Waals surface area contributed by atoms with Crippen molar-refractivity contribution in [3.05, 3.63) is 30.3 Å². The van der Waals surface area contributed by atoms with Gasteiger partial charge in [-0.1, -0.05) is 18.2 Å². The quantitative estimate of drug-likeness (QED) is 0.469. The van der Waals surface area contributed by atoms with Gasteiger partial charge >= 0.3 is 6.03 Å². The number of carbonyl (C=O) groups is 2. The second-order valence-corrected chi connectivity index (χ2v) is 7.81. The van der Waals surface area contributed by atoms with Crippen molar-refractivity contribution in [3.8, 4) is 0 Å². The topological polar surface area (TPSA) is 85.5 Å². The van der Waals surface area contributed by atoms with Crippen LogP contribution in [0, 0.1) is 5.92 Å². The molecule has 142 valence electrons. The first kappa shape index (κ1) is 20.0. The number of urea groups is 1. The highest BCUT2D eigenvalue weighted by molar-refractivity contribution is 7.80. The summed E-state index contributed by atoms with van der Waals surface area (Å²) in [7, 11) is 0. The fraction of sp³-hybridized carbons (Fsp3) is 0.500. The molecule has 1 fully saturated rings. The summed E-state index contributed by atoms with van der Waals surface area (Å²) in [5.41, 5.74) is 5.91. The monoisotopic (exact) mass is 377 g/mol. The van der Waals surface area contributed by atoms with E-state index in [9.17, 15) is 9.59 Å². The highest BCUT2D eigenvalue weighted by Crippen LogP contribution is 2.18. The van der Waals surface area contributed by atoms with Gasteiger partial charge in [-0.25, -0.2) is 4.79 Å². The molecule has 0 saturated carbocycles. The molecule has 0 radical (unpaired) electrons. The van der Waals surface area contributed by atoms with Gasteiger partial charge in [-0.3, -0.25) is 15.6 Å². The van der Waals surface area contributed by atoms with Crippen LogP contribution in [0.15, 0.2) is 30.3 Å². The van der Waals surface area contributed by atoms with Gasteiger partial charge < -0.3 is 15.5 Å². The Balaban J connectivity index is 1.82. The van der Waals surface area contributed by atoms with E-state index in [2.05, 4.69) is 21.5 Å². The van der Waals surface area contributed by atoms with Crippen LogP contribution in [-0.4, -0.2) is 40.6 Å². The molecule has 0 spiro atoms. The third-order valence-electron chi connectivity index (χ3n) is 3.89. The largest absolute Gasteiger partial charge is 0.357 e. The van der Waals surface area contributed by atoms with Crippen molar-refractivity contribution >= 4 is 35.0 Å². The molecule has 1 atom stereocenters. The molecule has 1 aliphatic rings. The first-order valence-corrected chi connectivity index (χ1v) is 9.14. The number of likely N-dealkylation sites (tertiary alicyclic amines) is 1. The molecular formula is C18H27N5O2S. The van der Waals surface area contributed by atoms with Crippen LogP contribution in [0.2, 0.25) is 0 Å². The minimum absolute atomic E-state index is 0.166. The van der Waals surface area contributed by atoms with Gasteiger partial charge in [-0.15, -0.1) is 0 Å². The second kappa shape index (κ2) is 8.84. The summed E-state index contributed by atoms with van der Waals surface area (Å²) >= 11 is 5.15. The molecule has 1 aliphatic heterocycles. The number of piperidine rings is 1. The predicted molar refractivity (Wildman–Crippen MR) is 107 cm³/mol. The average Bonchev–Trinajstić information content (AvgIpc) is 2.59. The zero-order valence-electron chi connectivity index (χ0n) is 15.5. The maximum Gasteiger partial charge on any atom is 0.321 e. The number of anilines is 1. The number of thiocarbonyl (C=S) groups is 1. The van der Waals surface area contributed by atoms with E-state index in [4.69, 9.17) is 12.2 Å². The standard InChI is InChI=1S/C18H27N5O2S/c1-18(2,3)20-16(26)22-21-15(24)13-8-7-11-23(12-13)17(25)19-14-9-5-4-6-10-14/h4-6,9-10,13H,7-8,11-12H2,1-3H3,(H,19,25)(H,21,24)(H2,20,22,26)/t13-/m0/s1. The van der Waals surface area contributed by atoms with Crippen molar-refractivity contribution in [1.29, 1.82) is 0 Å². The molecular weight excluding hydrogens is 350 g/mol. The summed E-state index contributed by atoms with van der Waals surface area (Å²) in [6, 6.07) is 9.10. The van der Waals surface area contributed by atoms with Crippen molar-refractivity contribution in [2.75, 3.05) is 18.4 Å². The number of hydrogen-bond acceptors (Lipinski definition) is 3. The Morgan fingerprint density at radius 2 is 1.85 bits per heavy atom. The Labute approximate surface area is 159 Å². The van der Waals surface area contributed by atoms with Gasteiger partial charge in [-0.2, -0.15) is 0 Å². The normalized spacial score (nSPS) is 17.2. The van der Waals surface area contributed by atoms with Crippen LogP contribution in [0.25, 0.3) is 0 Å². The van der Waals surface area contributed by atoms with E-state index in [1.807, 2.05) is 51.1 Å². The van der Waals surface area contributed by atoms with Crippen molar-refractivity contribution in [1.82, 2.24) is 21.1 Å². The first-order chi connectivity index (χ1) is 12.2. The summed E-state index contributed by atoms with van der Waals surface area (Å²) in [4.78, 5) is 26.4. The molecule has 0 bridgehead atoms. The van der Waals surface area contributed by atoms with Gasteiger partial charge in [0.05, 0.1) is 5.92 Å². The average molecular weight is 378 g/mol. The maximum atomic E-state index is 12.4. The van der Waals surface area contributed by atoms with Gasteiger partial charge in [0.25, 0.3) is 0 Å². The summed E-state index contributed by atoms with van der Waals surface area (Å²) in [5.74, 6) is -0.435. The van der Waals surface area contributed by atoms with E-state index in [0.717, 1.165) is 18.5 Å². The maximum absolute atomic E-state index is 12.4. The van der Waals surface area contributed by atoms with E-state index in [1.165, 1.54) is 0 Å². The first-order valence-electron chi connectivity index (χ1n) is 8.73. The summed E-state index contributed by atoms with van der Waals surface area (Å²) in [5, 5.41) is 6.28. The number of benzene rings is 1. The van der Waals surface area contributed by atoms with Crippen LogP contribution in [-0.2, 0) is 4.79 Å². The third-order valence-corrected chi connectivity index (χ3v) is 4.10. The molecule has 1 aromatic rings. The Morgan fingerprint density at radius 1 is 1.15 bits per heavy atom. The fourth-order valence-corrected chi connectivity index (χ4v) is 3.05. The number of nitrogens with zero attached hydrogens (tertiary/aromatic N) is 1. The molecule has 1 aromatic carbocycles. The summed E-state index contributed by atoms with van der Waals surface area (Å²) < 4.78 is 0. The molecule has 7 nitrogen and oxygen atoms in total. The lowest BCUT2D eigenvalue weighted by Gasteiger charge is -2.32. The summed E-state index contributed by atoms with van der Waals surface area (Å²) in [6.45, 7) is 6.96. The van der Waals surface area contributed by atoms with Gasteiger partial charge in [0, 0.05) is 24.3 Å². The molecule has 1 saturated heterocycles. The fourth-order valence-electron chi connectivity index (χ4n) is 2.69. The molecule has 8 heteroatoms. The number of rotatable bonds is 2. The van der Waals surface area contributed by atoms with E-state index < -0.39 is 0 Å². The molecule has 0 aliphatic carbocycles. The van der Waals surface area contributed by atoms with E-state index >= 15 is 0 Å². The number of para-hydroxylation sites is 1. The highest BCUT2D eigenvalue weighted by atomic mass is 32.1. The van der Waals surface area contributed by atoms with Gasteiger partial charge in [0.15, 0.2) is 5.11 Å². The molecule has 3 amide bonds. The van der Waals surface area contributed by atoms with Crippen LogP contribution in [0.5, 0.6) is 0 Å². The summed E-state index contributed by atoms with van der Waals surface area (Å²) in [6.07, 6.45) is 1.52. The zero-order valence-corrected chi connectivity index (χ0v) is 16.3. The third kappa shape index (κ3) is 6.51. The van der Waals surface area contributed by atoms with Crippen molar-refractivity contribution in [3.63, 3.8) is 0 Å². The SMILES string of the molecule is CC(C)(C)NC(=S)NNC(=O)[C@H]1CCCN(C(=O)Nc2ccccc2)C1. The van der Waals surface area contributed by atoms with Crippen LogP contribution < -0.4 is 21.5 Å². The lowest BCUT2D eigenvalue weighted by molar-refractivity contribution is -0.126. The molecule has 0 aromatic heterocycles. The Kier molecular flexibility index (Phi) is 6.79. The number of hydrogen-bond donors (Lipinski definition) is 4. The molecule has 2 rings (SSSR count). The lowest BCUT2D eigenvalue weighted by Crippen LogP contribution is -2.55. The van der Waals surface area contributed by atoms with Gasteiger partial charge in [0.1, 0.15) is 0 Å². The molecule has 0 unspecified atom stereocenters. The Morgan fingerprint density at radius 3 is 2.50 bits per heavy atom. The van der Waals surface area contributed by atoms with Crippen LogP contribution >= 0.6 is 12.2 Å². The molecule has 4 N–H and O–H groups in total. The second-order valence-electron chi connectivity index (χ2n) is 7.40. The van der Waals surface area contributed by atoms with Gasteiger partial charge in [-0.05, 0) is 58.0 Å². The van der Waals surface area contributed by atoms with Crippen molar-refractivity contribution in [2.24, 2.45) is 5.92 Å². The molecule has 26 heavy (non-hydrogen) atoms. The predicted octanol–water partition coefficient (Wildman–Crippen LogP) is 2.22. The van der Waals surface area contributed by atoms with E-state index in [-0.39, 0.29) is 23.4 Å². The van der Waals surface area contributed by atoms with Crippen LogP contribution in [0.3, 0.4) is 0 Å². The van der Waals surface area contributed by atoms with Crippen molar-refractivity contribution in [2.45, 2.75) is 39.2 Å². The van der Waals surface area contributed by atoms with Crippen LogP contribution in [0.4, 0.5) is 10.5 Å². The zero-order chi connectivity index (χ0) is 19.2. The highest BCUT2D eigenvalue weighted by Gasteiger charge is 2.28. The van der Waals surface area contributed by atoms with E-state index in [1.54, 1.807) is 4.90 Å². The number of nitrogens with one attached hydrogen (secondary N) is 4. The minimum Gasteiger partial charge on any atom is -0.357 e. The number of hydrazine groups is 1. The minimum atomic E-state index is -0.268. The smallest absolute Gasteiger partial charge is 0.321 e. The number of amides is 3. The Bertz CT molecular complexity index is 645. The van der Waals surface area contributed by atoms with Crippen LogP contribution in [0.1, 0.15) is 33.6 Å². The lowest BCUT2D eigenvalue weighted by atomic mass is 9.98.